The summed E-state index contributed by atoms with van der Waals surface area (Å²) in [5, 5.41) is 9.04. The van der Waals surface area contributed by atoms with Gasteiger partial charge in [-0.1, -0.05) is 13.8 Å². The van der Waals surface area contributed by atoms with E-state index < -0.39 is 20.4 Å². The van der Waals surface area contributed by atoms with Gasteiger partial charge in [-0.3, -0.25) is 4.79 Å². The number of carbonyl (C=O) groups is 1. The average molecular weight is 528 g/mol. The lowest BCUT2D eigenvalue weighted by molar-refractivity contribution is -0.137. The fourth-order valence-corrected chi connectivity index (χ4v) is 7.17. The Labute approximate surface area is 216 Å². The molecule has 0 spiro atoms. The average Bonchev–Trinajstić information content (AvgIpc) is 3.14. The zero-order chi connectivity index (χ0) is 26.9. The largest absolute Gasteiger partial charge is 0.350 e. The van der Waals surface area contributed by atoms with E-state index in [1.54, 1.807) is 11.0 Å². The maximum atomic E-state index is 14.4. The molecular weight excluding hydrogens is 497 g/mol. The number of anilines is 3. The van der Waals surface area contributed by atoms with Crippen LogP contribution in [0.1, 0.15) is 52.3 Å². The highest BCUT2D eigenvalue weighted by atomic mass is 32.2. The first-order valence-electron chi connectivity index (χ1n) is 12.3. The normalized spacial score (nSPS) is 27.9. The molecule has 3 aliphatic heterocycles. The number of fused-ring (bicyclic) bond motifs is 1. The van der Waals surface area contributed by atoms with Crippen molar-refractivity contribution in [3.8, 4) is 6.07 Å². The lowest BCUT2D eigenvalue weighted by Crippen LogP contribution is -2.66. The second kappa shape index (κ2) is 8.34. The lowest BCUT2D eigenvalue weighted by atomic mass is 9.87. The van der Waals surface area contributed by atoms with Gasteiger partial charge in [0.2, 0.25) is 5.91 Å². The van der Waals surface area contributed by atoms with Gasteiger partial charge in [0.1, 0.15) is 28.8 Å². The van der Waals surface area contributed by atoms with Gasteiger partial charge in [-0.15, -0.1) is 0 Å². The summed E-state index contributed by atoms with van der Waals surface area (Å²) in [6.07, 6.45) is 3.30. The van der Waals surface area contributed by atoms with Crippen molar-refractivity contribution in [3.05, 3.63) is 35.7 Å². The fourth-order valence-electron chi connectivity index (χ4n) is 5.64. The maximum Gasteiger partial charge on any atom is 0.244 e. The summed E-state index contributed by atoms with van der Waals surface area (Å²) in [4.78, 5) is 32.2. The number of hydrogen-bond donors (Lipinski definition) is 0. The molecule has 0 aromatic carbocycles. The molecular formula is C25H30FN7O3S. The van der Waals surface area contributed by atoms with Crippen LogP contribution in [0.25, 0.3) is 0 Å². The van der Waals surface area contributed by atoms with Crippen molar-refractivity contribution < 1.29 is 17.6 Å². The van der Waals surface area contributed by atoms with E-state index >= 15 is 0 Å². The van der Waals surface area contributed by atoms with Crippen LogP contribution in [0.2, 0.25) is 0 Å². The highest BCUT2D eigenvalue weighted by molar-refractivity contribution is 7.95. The molecule has 3 aliphatic rings. The van der Waals surface area contributed by atoms with E-state index in [0.29, 0.717) is 37.6 Å². The van der Waals surface area contributed by atoms with Crippen LogP contribution < -0.4 is 9.80 Å². The van der Waals surface area contributed by atoms with Crippen molar-refractivity contribution in [2.45, 2.75) is 63.3 Å². The minimum atomic E-state index is -3.42. The molecule has 10 nitrogen and oxygen atoms in total. The van der Waals surface area contributed by atoms with Crippen molar-refractivity contribution >= 4 is 33.1 Å². The van der Waals surface area contributed by atoms with Crippen LogP contribution in [0.3, 0.4) is 0 Å². The Bertz CT molecular complexity index is 1440. The molecule has 1 amide bonds. The van der Waals surface area contributed by atoms with Crippen molar-refractivity contribution in [1.82, 2.24) is 19.9 Å². The quantitative estimate of drug-likeness (QED) is 0.591. The second-order valence-corrected chi connectivity index (χ2v) is 13.6. The molecule has 196 valence electrons. The van der Waals surface area contributed by atoms with Gasteiger partial charge in [0.15, 0.2) is 21.3 Å². The van der Waals surface area contributed by atoms with Crippen LogP contribution in [0.5, 0.6) is 0 Å². The molecule has 2 saturated heterocycles. The summed E-state index contributed by atoms with van der Waals surface area (Å²) in [5.41, 5.74) is 0.760. The predicted molar refractivity (Wildman–Crippen MR) is 136 cm³/mol. The van der Waals surface area contributed by atoms with Crippen LogP contribution in [0.4, 0.5) is 21.7 Å². The molecule has 12 heteroatoms. The molecule has 2 aromatic heterocycles. The first-order valence-corrected chi connectivity index (χ1v) is 13.9. The standard InChI is InChI=1S/C25H30FN7O3S/c1-15-12-32(23(34)25(5)6-7-37(25,35)36)16(2)11-31(15)21-20-22(30-14-29-21)33(13-24(20,3)4)17-8-18(26)19(9-27)28-10-17/h8,10,14-16H,6-7,11-13H2,1-5H3/t15-,16+,25+/m0/s1. The van der Waals surface area contributed by atoms with E-state index in [-0.39, 0.29) is 34.9 Å². The Kier molecular flexibility index (Phi) is 5.71. The third kappa shape index (κ3) is 3.74. The highest BCUT2D eigenvalue weighted by Gasteiger charge is 2.57. The monoisotopic (exact) mass is 527 g/mol. The topological polar surface area (TPSA) is 123 Å². The number of sulfone groups is 1. The zero-order valence-corrected chi connectivity index (χ0v) is 22.4. The van der Waals surface area contributed by atoms with Gasteiger partial charge in [-0.05, 0) is 27.2 Å². The molecule has 0 aliphatic carbocycles. The molecule has 2 aromatic rings. The Morgan fingerprint density at radius 3 is 2.43 bits per heavy atom. The molecule has 0 bridgehead atoms. The van der Waals surface area contributed by atoms with Crippen molar-refractivity contribution in [2.75, 3.05) is 35.2 Å². The summed E-state index contributed by atoms with van der Waals surface area (Å²) in [7, 11) is -3.42. The van der Waals surface area contributed by atoms with Gasteiger partial charge in [-0.2, -0.15) is 5.26 Å². The Balaban J connectivity index is 1.47. The number of hydrogen-bond acceptors (Lipinski definition) is 9. The minimum Gasteiger partial charge on any atom is -0.350 e. The molecule has 5 heterocycles. The SMILES string of the molecule is C[C@@H]1CN(c2ncnc3c2C(C)(C)CN3c2cnc(C#N)c(F)c2)[C@@H](C)CN1C(=O)[C@@]1(C)CCS1(=O)=O. The maximum absolute atomic E-state index is 14.4. The molecule has 3 atom stereocenters. The van der Waals surface area contributed by atoms with Crippen molar-refractivity contribution in [2.24, 2.45) is 0 Å². The van der Waals surface area contributed by atoms with Gasteiger partial charge in [0.25, 0.3) is 0 Å². The minimum absolute atomic E-state index is 0.0520. The Hall–Kier alpha value is -3.33. The number of nitrogens with zero attached hydrogens (tertiary/aromatic N) is 7. The van der Waals surface area contributed by atoms with E-state index in [1.807, 2.05) is 18.7 Å². The predicted octanol–water partition coefficient (Wildman–Crippen LogP) is 2.31. The molecule has 0 unspecified atom stereocenters. The van der Waals surface area contributed by atoms with E-state index in [4.69, 9.17) is 5.26 Å². The number of rotatable bonds is 3. The van der Waals surface area contributed by atoms with Crippen LogP contribution in [-0.2, 0) is 20.0 Å². The number of amides is 1. The van der Waals surface area contributed by atoms with Gasteiger partial charge >= 0.3 is 0 Å². The number of halogens is 1. The molecule has 37 heavy (non-hydrogen) atoms. The van der Waals surface area contributed by atoms with Crippen LogP contribution in [0.15, 0.2) is 18.6 Å². The second-order valence-electron chi connectivity index (χ2n) is 11.1. The van der Waals surface area contributed by atoms with Crippen LogP contribution >= 0.6 is 0 Å². The van der Waals surface area contributed by atoms with Crippen LogP contribution in [-0.4, -0.2) is 76.4 Å². The number of pyridine rings is 1. The van der Waals surface area contributed by atoms with Gasteiger partial charge in [-0.25, -0.2) is 27.8 Å². The Morgan fingerprint density at radius 2 is 1.84 bits per heavy atom. The third-order valence-electron chi connectivity index (χ3n) is 8.04. The number of carbonyl (C=O) groups excluding carboxylic acids is 1. The van der Waals surface area contributed by atoms with Gasteiger partial charge in [0, 0.05) is 48.8 Å². The molecule has 2 fully saturated rings. The van der Waals surface area contributed by atoms with Gasteiger partial charge in [0.05, 0.1) is 17.6 Å². The number of piperazine rings is 1. The summed E-state index contributed by atoms with van der Waals surface area (Å²) >= 11 is 0. The lowest BCUT2D eigenvalue weighted by Gasteiger charge is -2.49. The molecule has 0 radical (unpaired) electrons. The van der Waals surface area contributed by atoms with Crippen molar-refractivity contribution in [1.29, 1.82) is 5.26 Å². The molecule has 0 saturated carbocycles. The summed E-state index contributed by atoms with van der Waals surface area (Å²) in [5.74, 6) is 0.426. The summed E-state index contributed by atoms with van der Waals surface area (Å²) < 4.78 is 37.8. The van der Waals surface area contributed by atoms with E-state index in [0.717, 1.165) is 11.4 Å². The van der Waals surface area contributed by atoms with Crippen LogP contribution in [0, 0.1) is 17.1 Å². The smallest absolute Gasteiger partial charge is 0.244 e. The zero-order valence-electron chi connectivity index (χ0n) is 21.6. The third-order valence-corrected chi connectivity index (χ3v) is 10.5. The molecule has 0 N–H and O–H groups in total. The number of aromatic nitrogens is 3. The summed E-state index contributed by atoms with van der Waals surface area (Å²) in [6, 6.07) is 2.69. The highest BCUT2D eigenvalue weighted by Crippen LogP contribution is 2.47. The number of nitriles is 1. The fraction of sp³-hybridized carbons (Fsp3) is 0.560. The van der Waals surface area contributed by atoms with Gasteiger partial charge < -0.3 is 14.7 Å². The first kappa shape index (κ1) is 25.3. The summed E-state index contributed by atoms with van der Waals surface area (Å²) in [6.45, 7) is 11.0. The van der Waals surface area contributed by atoms with Crippen molar-refractivity contribution in [3.63, 3.8) is 0 Å². The Morgan fingerprint density at radius 1 is 1.14 bits per heavy atom. The first-order chi connectivity index (χ1) is 17.3. The molecule has 5 rings (SSSR count). The van der Waals surface area contributed by atoms with E-state index in [2.05, 4.69) is 33.7 Å². The van der Waals surface area contributed by atoms with E-state index in [9.17, 15) is 17.6 Å². The van der Waals surface area contributed by atoms with E-state index in [1.165, 1.54) is 25.5 Å².